The van der Waals surface area contributed by atoms with Crippen LogP contribution in [-0.2, 0) is 0 Å². The average molecular weight is 236 g/mol. The third-order valence-electron chi connectivity index (χ3n) is 3.51. The largest absolute Gasteiger partial charge is 0.345 e. The van der Waals surface area contributed by atoms with Gasteiger partial charge in [0.15, 0.2) is 0 Å². The van der Waals surface area contributed by atoms with Crippen molar-refractivity contribution in [3.63, 3.8) is 0 Å². The number of hydrogen-bond acceptors (Lipinski definition) is 2. The Balaban J connectivity index is 2.11. The lowest BCUT2D eigenvalue weighted by molar-refractivity contribution is 0.0837. The Morgan fingerprint density at radius 3 is 2.71 bits per heavy atom. The van der Waals surface area contributed by atoms with Crippen LogP contribution in [0.25, 0.3) is 0 Å². The van der Waals surface area contributed by atoms with E-state index in [0.29, 0.717) is 17.7 Å². The number of carbonyl (C=O) groups excluding carboxylic acids is 1. The lowest BCUT2D eigenvalue weighted by Crippen LogP contribution is -2.58. The molecular formula is C13H17FN2O. The summed E-state index contributed by atoms with van der Waals surface area (Å²) in [6.07, 6.45) is 2.90. The molecule has 0 radical (unpaired) electrons. The van der Waals surface area contributed by atoms with Crippen LogP contribution in [0.1, 0.15) is 35.2 Å². The highest BCUT2D eigenvalue weighted by Gasteiger charge is 2.37. The van der Waals surface area contributed by atoms with Gasteiger partial charge >= 0.3 is 0 Å². The molecule has 1 fully saturated rings. The van der Waals surface area contributed by atoms with E-state index < -0.39 is 0 Å². The molecule has 0 spiro atoms. The second-order valence-electron chi connectivity index (χ2n) is 4.76. The minimum atomic E-state index is -0.354. The number of hydrogen-bond donors (Lipinski definition) is 2. The third-order valence-corrected chi connectivity index (χ3v) is 3.51. The number of nitrogens with two attached hydrogens (primary N) is 1. The lowest BCUT2D eigenvalue weighted by atomic mass is 9.76. The number of halogens is 1. The van der Waals surface area contributed by atoms with E-state index in [2.05, 4.69) is 5.32 Å². The minimum absolute atomic E-state index is 0.242. The van der Waals surface area contributed by atoms with E-state index in [9.17, 15) is 9.18 Å². The van der Waals surface area contributed by atoms with Gasteiger partial charge in [-0.2, -0.15) is 0 Å². The van der Waals surface area contributed by atoms with Crippen molar-refractivity contribution in [3.05, 3.63) is 35.1 Å². The van der Waals surface area contributed by atoms with Gasteiger partial charge in [-0.25, -0.2) is 4.39 Å². The molecule has 2 rings (SSSR count). The van der Waals surface area contributed by atoms with Crippen LogP contribution in [0.2, 0.25) is 0 Å². The molecule has 92 valence electrons. The van der Waals surface area contributed by atoms with Crippen LogP contribution in [0.15, 0.2) is 18.2 Å². The second-order valence-corrected chi connectivity index (χ2v) is 4.76. The first-order valence-corrected chi connectivity index (χ1v) is 5.85. The Bertz CT molecular complexity index is 436. The molecular weight excluding hydrogens is 219 g/mol. The molecule has 0 aromatic heterocycles. The quantitative estimate of drug-likeness (QED) is 0.840. The number of aryl methyl sites for hydroxylation is 1. The van der Waals surface area contributed by atoms with Gasteiger partial charge in [-0.3, -0.25) is 4.79 Å². The van der Waals surface area contributed by atoms with Crippen molar-refractivity contribution in [3.8, 4) is 0 Å². The summed E-state index contributed by atoms with van der Waals surface area (Å²) >= 11 is 0. The maximum atomic E-state index is 13.3. The first-order valence-electron chi connectivity index (χ1n) is 5.85. The molecule has 3 N–H and O–H groups in total. The molecule has 0 unspecified atom stereocenters. The van der Waals surface area contributed by atoms with Gasteiger partial charge in [0.25, 0.3) is 5.91 Å². The summed E-state index contributed by atoms with van der Waals surface area (Å²) in [5.41, 5.74) is 6.29. The molecule has 1 aliphatic rings. The summed E-state index contributed by atoms with van der Waals surface area (Å²) in [5, 5.41) is 2.91. The van der Waals surface area contributed by atoms with Gasteiger partial charge in [0.2, 0.25) is 0 Å². The highest BCUT2D eigenvalue weighted by atomic mass is 19.1. The normalized spacial score (nSPS) is 17.4. The molecule has 0 aliphatic heterocycles. The third kappa shape index (κ3) is 2.31. The van der Waals surface area contributed by atoms with E-state index in [-0.39, 0.29) is 17.3 Å². The predicted octanol–water partition coefficient (Wildman–Crippen LogP) is 1.75. The maximum absolute atomic E-state index is 13.3. The summed E-state index contributed by atoms with van der Waals surface area (Å²) in [7, 11) is 0. The van der Waals surface area contributed by atoms with Crippen LogP contribution < -0.4 is 11.1 Å². The molecule has 0 heterocycles. The zero-order chi connectivity index (χ0) is 12.5. The van der Waals surface area contributed by atoms with E-state index in [1.54, 1.807) is 19.1 Å². The Labute approximate surface area is 100 Å². The molecule has 1 aromatic rings. The van der Waals surface area contributed by atoms with Gasteiger partial charge in [0.05, 0.1) is 5.54 Å². The smallest absolute Gasteiger partial charge is 0.251 e. The lowest BCUT2D eigenvalue weighted by Gasteiger charge is -2.41. The molecule has 0 atom stereocenters. The second kappa shape index (κ2) is 4.45. The summed E-state index contributed by atoms with van der Waals surface area (Å²) < 4.78 is 13.3. The van der Waals surface area contributed by atoms with Gasteiger partial charge in [0.1, 0.15) is 5.82 Å². The van der Waals surface area contributed by atoms with Gasteiger partial charge in [0, 0.05) is 12.1 Å². The van der Waals surface area contributed by atoms with Crippen molar-refractivity contribution in [2.24, 2.45) is 5.73 Å². The minimum Gasteiger partial charge on any atom is -0.345 e. The highest BCUT2D eigenvalue weighted by Crippen LogP contribution is 2.30. The summed E-state index contributed by atoms with van der Waals surface area (Å²) in [4.78, 5) is 11.9. The van der Waals surface area contributed by atoms with E-state index in [0.717, 1.165) is 19.3 Å². The average Bonchev–Trinajstić information content (AvgIpc) is 2.27. The predicted molar refractivity (Wildman–Crippen MR) is 64.2 cm³/mol. The maximum Gasteiger partial charge on any atom is 0.251 e. The molecule has 4 heteroatoms. The van der Waals surface area contributed by atoms with Gasteiger partial charge < -0.3 is 11.1 Å². The van der Waals surface area contributed by atoms with Gasteiger partial charge in [-0.1, -0.05) is 6.07 Å². The zero-order valence-corrected chi connectivity index (χ0v) is 9.92. The van der Waals surface area contributed by atoms with Crippen molar-refractivity contribution in [1.82, 2.24) is 5.32 Å². The molecule has 0 saturated heterocycles. The van der Waals surface area contributed by atoms with Crippen LogP contribution in [0.3, 0.4) is 0 Å². The topological polar surface area (TPSA) is 55.1 Å². The molecule has 1 saturated carbocycles. The van der Waals surface area contributed by atoms with Crippen molar-refractivity contribution >= 4 is 5.91 Å². The monoisotopic (exact) mass is 236 g/mol. The number of rotatable bonds is 3. The molecule has 1 aliphatic carbocycles. The molecule has 0 bridgehead atoms. The summed E-state index contributed by atoms with van der Waals surface area (Å²) in [6.45, 7) is 2.11. The van der Waals surface area contributed by atoms with E-state index >= 15 is 0 Å². The van der Waals surface area contributed by atoms with Crippen LogP contribution >= 0.6 is 0 Å². The fraction of sp³-hybridized carbons (Fsp3) is 0.462. The number of amides is 1. The van der Waals surface area contributed by atoms with E-state index in [1.807, 2.05) is 0 Å². The first-order chi connectivity index (χ1) is 8.06. The van der Waals surface area contributed by atoms with Crippen molar-refractivity contribution < 1.29 is 9.18 Å². The van der Waals surface area contributed by atoms with Gasteiger partial charge in [-0.15, -0.1) is 0 Å². The van der Waals surface area contributed by atoms with Crippen molar-refractivity contribution in [2.45, 2.75) is 31.7 Å². The Morgan fingerprint density at radius 1 is 1.53 bits per heavy atom. The fourth-order valence-corrected chi connectivity index (χ4v) is 2.03. The SMILES string of the molecule is Cc1ccc(C(=O)NC2(CN)CCC2)cc1F. The highest BCUT2D eigenvalue weighted by molar-refractivity contribution is 5.94. The van der Waals surface area contributed by atoms with Crippen LogP contribution in [-0.4, -0.2) is 18.0 Å². The first kappa shape index (κ1) is 12.0. The van der Waals surface area contributed by atoms with Crippen LogP contribution in [0.4, 0.5) is 4.39 Å². The van der Waals surface area contributed by atoms with Crippen molar-refractivity contribution in [1.29, 1.82) is 0 Å². The standard InChI is InChI=1S/C13H17FN2O/c1-9-3-4-10(7-11(9)14)12(17)16-13(8-15)5-2-6-13/h3-4,7H,2,5-6,8,15H2,1H3,(H,16,17). The molecule has 1 aromatic carbocycles. The molecule has 17 heavy (non-hydrogen) atoms. The Hall–Kier alpha value is -1.42. The molecule has 3 nitrogen and oxygen atoms in total. The van der Waals surface area contributed by atoms with Crippen LogP contribution in [0.5, 0.6) is 0 Å². The zero-order valence-electron chi connectivity index (χ0n) is 9.92. The summed E-state index contributed by atoms with van der Waals surface area (Å²) in [6, 6.07) is 4.52. The fourth-order valence-electron chi connectivity index (χ4n) is 2.03. The number of benzene rings is 1. The summed E-state index contributed by atoms with van der Waals surface area (Å²) in [5.74, 6) is -0.595. The van der Waals surface area contributed by atoms with Crippen molar-refractivity contribution in [2.75, 3.05) is 6.54 Å². The number of carbonyl (C=O) groups is 1. The Morgan fingerprint density at radius 2 is 2.24 bits per heavy atom. The van der Waals surface area contributed by atoms with E-state index in [1.165, 1.54) is 6.07 Å². The number of nitrogens with one attached hydrogen (secondary N) is 1. The Kier molecular flexibility index (Phi) is 3.15. The molecule has 1 amide bonds. The van der Waals surface area contributed by atoms with Gasteiger partial charge in [-0.05, 0) is 43.9 Å². The van der Waals surface area contributed by atoms with Crippen LogP contribution in [0, 0.1) is 12.7 Å². The van der Waals surface area contributed by atoms with E-state index in [4.69, 9.17) is 5.73 Å².